The molecule has 0 radical (unpaired) electrons. The number of nitrogens with zero attached hydrogens (tertiary/aromatic N) is 1. The van der Waals surface area contributed by atoms with Crippen LogP contribution >= 0.6 is 0 Å². The van der Waals surface area contributed by atoms with Gasteiger partial charge in [0.05, 0.1) is 0 Å². The third-order valence-corrected chi connectivity index (χ3v) is 4.23. The molecule has 20 heavy (non-hydrogen) atoms. The number of halogens is 1. The standard InChI is InChI=1S/C16H21FN2O/c17-15-4-2-1-3-13(15)11-19(14-5-6-14)16(20)9-12-7-8-18-10-12/h1-4,12,14,18H,5-11H2. The molecule has 4 heteroatoms. The topological polar surface area (TPSA) is 32.3 Å². The van der Waals surface area contributed by atoms with Gasteiger partial charge >= 0.3 is 0 Å². The van der Waals surface area contributed by atoms with Crippen molar-refractivity contribution in [2.45, 2.75) is 38.3 Å². The van der Waals surface area contributed by atoms with Crippen LogP contribution < -0.4 is 5.32 Å². The molecule has 1 amide bonds. The Bertz CT molecular complexity index is 481. The van der Waals surface area contributed by atoms with Gasteiger partial charge in [-0.2, -0.15) is 0 Å². The molecule has 1 heterocycles. The molecule has 1 saturated heterocycles. The zero-order valence-corrected chi connectivity index (χ0v) is 11.6. The molecular weight excluding hydrogens is 255 g/mol. The maximum atomic E-state index is 13.8. The minimum atomic E-state index is -0.214. The molecule has 3 nitrogen and oxygen atoms in total. The van der Waals surface area contributed by atoms with Gasteiger partial charge in [-0.05, 0) is 44.3 Å². The highest BCUT2D eigenvalue weighted by Crippen LogP contribution is 2.30. The number of nitrogens with one attached hydrogen (secondary N) is 1. The number of carbonyl (C=O) groups is 1. The molecular formula is C16H21FN2O. The van der Waals surface area contributed by atoms with Crippen LogP contribution in [-0.2, 0) is 11.3 Å². The molecule has 1 atom stereocenters. The van der Waals surface area contributed by atoms with Gasteiger partial charge in [0.2, 0.25) is 5.91 Å². The molecule has 1 aromatic rings. The van der Waals surface area contributed by atoms with Crippen LogP contribution in [0.1, 0.15) is 31.2 Å². The van der Waals surface area contributed by atoms with E-state index >= 15 is 0 Å². The summed E-state index contributed by atoms with van der Waals surface area (Å²) in [5, 5.41) is 3.29. The first-order chi connectivity index (χ1) is 9.74. The van der Waals surface area contributed by atoms with E-state index in [4.69, 9.17) is 0 Å². The smallest absolute Gasteiger partial charge is 0.223 e. The van der Waals surface area contributed by atoms with Crippen LogP contribution in [0, 0.1) is 11.7 Å². The van der Waals surface area contributed by atoms with Crippen LogP contribution in [0.25, 0.3) is 0 Å². The Labute approximate surface area is 119 Å². The quantitative estimate of drug-likeness (QED) is 0.895. The van der Waals surface area contributed by atoms with Gasteiger partial charge in [-0.1, -0.05) is 18.2 Å². The Hall–Kier alpha value is -1.42. The fraction of sp³-hybridized carbons (Fsp3) is 0.562. The van der Waals surface area contributed by atoms with E-state index in [0.29, 0.717) is 30.5 Å². The van der Waals surface area contributed by atoms with Crippen LogP contribution in [-0.4, -0.2) is 29.9 Å². The van der Waals surface area contributed by atoms with Gasteiger partial charge in [-0.3, -0.25) is 4.79 Å². The number of amides is 1. The molecule has 1 aliphatic carbocycles. The molecule has 0 bridgehead atoms. The van der Waals surface area contributed by atoms with E-state index in [9.17, 15) is 9.18 Å². The van der Waals surface area contributed by atoms with Crippen molar-refractivity contribution < 1.29 is 9.18 Å². The Balaban J connectivity index is 1.66. The minimum Gasteiger partial charge on any atom is -0.335 e. The molecule has 1 unspecified atom stereocenters. The number of hydrogen-bond donors (Lipinski definition) is 1. The van der Waals surface area contributed by atoms with Crippen molar-refractivity contribution in [1.29, 1.82) is 0 Å². The van der Waals surface area contributed by atoms with Crippen molar-refractivity contribution in [2.75, 3.05) is 13.1 Å². The number of hydrogen-bond acceptors (Lipinski definition) is 2. The SMILES string of the molecule is O=C(CC1CCNC1)N(Cc1ccccc1F)C1CC1. The lowest BCUT2D eigenvalue weighted by molar-refractivity contribution is -0.133. The normalized spacial score (nSPS) is 21.9. The third kappa shape index (κ3) is 3.18. The van der Waals surface area contributed by atoms with Crippen molar-refractivity contribution in [1.82, 2.24) is 10.2 Å². The monoisotopic (exact) mass is 276 g/mol. The summed E-state index contributed by atoms with van der Waals surface area (Å²) >= 11 is 0. The molecule has 1 saturated carbocycles. The Kier molecular flexibility index (Phi) is 4.01. The van der Waals surface area contributed by atoms with Gasteiger partial charge in [0.15, 0.2) is 0 Å². The fourth-order valence-corrected chi connectivity index (χ4v) is 2.87. The lowest BCUT2D eigenvalue weighted by atomic mass is 10.0. The molecule has 1 aliphatic heterocycles. The van der Waals surface area contributed by atoms with Crippen LogP contribution in [0.15, 0.2) is 24.3 Å². The minimum absolute atomic E-state index is 0.185. The molecule has 2 aliphatic rings. The molecule has 108 valence electrons. The summed E-state index contributed by atoms with van der Waals surface area (Å²) in [5.41, 5.74) is 0.622. The van der Waals surface area contributed by atoms with Gasteiger partial charge in [0.25, 0.3) is 0 Å². The van der Waals surface area contributed by atoms with E-state index in [0.717, 1.165) is 32.4 Å². The predicted molar refractivity (Wildman–Crippen MR) is 75.6 cm³/mol. The first-order valence-electron chi connectivity index (χ1n) is 7.47. The van der Waals surface area contributed by atoms with Crippen LogP contribution in [0.4, 0.5) is 4.39 Å². The van der Waals surface area contributed by atoms with Gasteiger partial charge in [0.1, 0.15) is 5.82 Å². The van der Waals surface area contributed by atoms with Crippen molar-refractivity contribution in [3.8, 4) is 0 Å². The van der Waals surface area contributed by atoms with E-state index in [1.54, 1.807) is 12.1 Å². The second kappa shape index (κ2) is 5.92. The lowest BCUT2D eigenvalue weighted by Crippen LogP contribution is -2.34. The maximum absolute atomic E-state index is 13.8. The van der Waals surface area contributed by atoms with Crippen molar-refractivity contribution >= 4 is 5.91 Å². The van der Waals surface area contributed by atoms with Crippen molar-refractivity contribution in [2.24, 2.45) is 5.92 Å². The average molecular weight is 276 g/mol. The average Bonchev–Trinajstić information content (AvgIpc) is 3.15. The predicted octanol–water partition coefficient (Wildman–Crippen LogP) is 2.32. The first kappa shape index (κ1) is 13.6. The maximum Gasteiger partial charge on any atom is 0.223 e. The van der Waals surface area contributed by atoms with Gasteiger partial charge in [-0.15, -0.1) is 0 Å². The summed E-state index contributed by atoms with van der Waals surface area (Å²) in [7, 11) is 0. The van der Waals surface area contributed by atoms with E-state index in [-0.39, 0.29) is 11.7 Å². The van der Waals surface area contributed by atoms with Crippen molar-refractivity contribution in [3.63, 3.8) is 0 Å². The van der Waals surface area contributed by atoms with E-state index < -0.39 is 0 Å². The van der Waals surface area contributed by atoms with E-state index in [1.807, 2.05) is 11.0 Å². The fourth-order valence-electron chi connectivity index (χ4n) is 2.87. The molecule has 3 rings (SSSR count). The highest BCUT2D eigenvalue weighted by Gasteiger charge is 2.34. The summed E-state index contributed by atoms with van der Waals surface area (Å²) in [6, 6.07) is 7.08. The zero-order chi connectivity index (χ0) is 13.9. The van der Waals surface area contributed by atoms with Crippen LogP contribution in [0.5, 0.6) is 0 Å². The van der Waals surface area contributed by atoms with E-state index in [1.165, 1.54) is 6.07 Å². The molecule has 1 N–H and O–H groups in total. The van der Waals surface area contributed by atoms with Gasteiger partial charge in [-0.25, -0.2) is 4.39 Å². The van der Waals surface area contributed by atoms with Crippen LogP contribution in [0.3, 0.4) is 0 Å². The number of benzene rings is 1. The molecule has 2 fully saturated rings. The number of rotatable bonds is 5. The summed E-state index contributed by atoms with van der Waals surface area (Å²) in [4.78, 5) is 14.4. The van der Waals surface area contributed by atoms with Crippen LogP contribution in [0.2, 0.25) is 0 Å². The zero-order valence-electron chi connectivity index (χ0n) is 11.6. The third-order valence-electron chi connectivity index (χ3n) is 4.23. The largest absolute Gasteiger partial charge is 0.335 e. The second-order valence-electron chi connectivity index (χ2n) is 5.91. The first-order valence-corrected chi connectivity index (χ1v) is 7.47. The summed E-state index contributed by atoms with van der Waals surface area (Å²) in [6.07, 6.45) is 3.79. The van der Waals surface area contributed by atoms with Gasteiger partial charge < -0.3 is 10.2 Å². The molecule has 0 aromatic heterocycles. The molecule has 1 aromatic carbocycles. The Morgan fingerprint density at radius 3 is 2.75 bits per heavy atom. The summed E-state index contributed by atoms with van der Waals surface area (Å²) in [5.74, 6) is 0.419. The Morgan fingerprint density at radius 1 is 1.30 bits per heavy atom. The summed E-state index contributed by atoms with van der Waals surface area (Å²) < 4.78 is 13.8. The lowest BCUT2D eigenvalue weighted by Gasteiger charge is -2.24. The highest BCUT2D eigenvalue weighted by molar-refractivity contribution is 5.77. The second-order valence-corrected chi connectivity index (χ2v) is 5.91. The highest BCUT2D eigenvalue weighted by atomic mass is 19.1. The van der Waals surface area contributed by atoms with Gasteiger partial charge in [0, 0.05) is 24.6 Å². The molecule has 0 spiro atoms. The Morgan fingerprint density at radius 2 is 2.10 bits per heavy atom. The van der Waals surface area contributed by atoms with E-state index in [2.05, 4.69) is 5.32 Å². The number of carbonyl (C=O) groups excluding carboxylic acids is 1. The van der Waals surface area contributed by atoms with Crippen molar-refractivity contribution in [3.05, 3.63) is 35.6 Å². The summed E-state index contributed by atoms with van der Waals surface area (Å²) in [6.45, 7) is 2.36.